The standard InChI is InChI=1S/La.Nb.4H2O.Pb.Ti.Zr.2H/h;;4*1H2;;;;;. The van der Waals surface area contributed by atoms with Gasteiger partial charge in [-0.2, -0.15) is 0 Å². The largest absolute Gasteiger partial charge is 0 e. The monoisotopic (exact) mass is 652 g/mol. The molecule has 0 bridgehead atoms. The fourth-order valence-corrected chi connectivity index (χ4v) is 0. The molecule has 8 N–H and O–H groups in total. The van der Waals surface area contributed by atoms with E-state index >= 15 is 0 Å². The van der Waals surface area contributed by atoms with E-state index in [0.29, 0.717) is 0 Å². The predicted molar refractivity (Wildman–Crippen MR) is 23.0 cm³/mol. The van der Waals surface area contributed by atoms with Crippen LogP contribution in [0, 0.1) is 35.6 Å². The molecule has 0 amide bonds. The van der Waals surface area contributed by atoms with Gasteiger partial charge in [-0.1, -0.05) is 0 Å². The fraction of sp³-hybridized carbons (Fsp3) is 0. The normalized spacial score (nSPS) is 0. The summed E-state index contributed by atoms with van der Waals surface area (Å²) in [7, 11) is 0. The van der Waals surface area contributed by atoms with Crippen LogP contribution < -0.4 is 0 Å². The summed E-state index contributed by atoms with van der Waals surface area (Å²) in [4.78, 5) is 0. The van der Waals surface area contributed by atoms with Gasteiger partial charge in [0.2, 0.25) is 0 Å². The van der Waals surface area contributed by atoms with E-state index in [-0.39, 0.29) is 155 Å². The van der Waals surface area contributed by atoms with Crippen LogP contribution in [-0.4, -0.2) is 49.2 Å². The zero-order valence-electron chi connectivity index (χ0n) is 4.73. The summed E-state index contributed by atoms with van der Waals surface area (Å²) in [5.74, 6) is 0. The minimum Gasteiger partial charge on any atom is 0 e. The van der Waals surface area contributed by atoms with Gasteiger partial charge >= 0.3 is 27.3 Å². The van der Waals surface area contributed by atoms with Crippen molar-refractivity contribution >= 4 is 27.3 Å². The molecule has 9 heavy (non-hydrogen) atoms. The Kier molecular flexibility index (Phi) is 1030. The summed E-state index contributed by atoms with van der Waals surface area (Å²) in [6, 6.07) is 0. The Balaban J connectivity index is 0. The first-order valence-electron chi connectivity index (χ1n) is 0. The maximum Gasteiger partial charge on any atom is 0 e. The molecule has 0 spiro atoms. The number of rotatable bonds is 0. The zero-order valence-corrected chi connectivity index (χ0v) is 20.1. The van der Waals surface area contributed by atoms with E-state index in [4.69, 9.17) is 0 Å². The van der Waals surface area contributed by atoms with Crippen molar-refractivity contribution in [2.75, 3.05) is 0 Å². The van der Waals surface area contributed by atoms with Gasteiger partial charge in [0, 0.05) is 106 Å². The van der Waals surface area contributed by atoms with E-state index in [0.717, 1.165) is 0 Å². The van der Waals surface area contributed by atoms with E-state index in [1.165, 1.54) is 0 Å². The van der Waals surface area contributed by atoms with Gasteiger partial charge < -0.3 is 21.9 Å². The van der Waals surface area contributed by atoms with Crippen molar-refractivity contribution in [3.8, 4) is 0 Å². The third-order valence-electron chi connectivity index (χ3n) is 0. The molecule has 0 aromatic rings. The second-order valence-electron chi connectivity index (χ2n) is 0. The molecule has 0 fully saturated rings. The molecule has 4 nitrogen and oxygen atoms in total. The third kappa shape index (κ3) is 70.6. The average Bonchev–Trinajstić information content (AvgIpc) is 0. The van der Waals surface area contributed by atoms with Gasteiger partial charge in [-0.25, -0.2) is 0 Å². The smallest absolute Gasteiger partial charge is 0 e. The second kappa shape index (κ2) is 85.0. The number of hydrogen-bond donors (Lipinski definition) is 0. The van der Waals surface area contributed by atoms with Crippen LogP contribution in [0.1, 0.15) is 0 Å². The molecular weight excluding hydrogens is 642 g/mol. The fourth-order valence-electron chi connectivity index (χ4n) is 0. The SMILES string of the molecule is O.O.O.O.[La].[Nb].[PbH2].[Ti].[Zr]. The molecule has 0 aliphatic rings. The molecule has 54 valence electrons. The average molecular weight is 652 g/mol. The van der Waals surface area contributed by atoms with E-state index < -0.39 is 0 Å². The molecule has 4 radical (unpaired) electrons. The Morgan fingerprint density at radius 2 is 0.667 bits per heavy atom. The third-order valence-corrected chi connectivity index (χ3v) is 0. The van der Waals surface area contributed by atoms with Crippen molar-refractivity contribution < 1.29 is 128 Å². The Hall–Kier alpha value is 4.29. The van der Waals surface area contributed by atoms with Crippen LogP contribution in [0.3, 0.4) is 0 Å². The molecule has 0 aliphatic heterocycles. The van der Waals surface area contributed by atoms with Crippen LogP contribution in [-0.2, 0) is 70.3 Å². The maximum atomic E-state index is 0. The summed E-state index contributed by atoms with van der Waals surface area (Å²) in [6.45, 7) is 0. The maximum absolute atomic E-state index is 0. The van der Waals surface area contributed by atoms with Crippen LogP contribution in [0.15, 0.2) is 0 Å². The summed E-state index contributed by atoms with van der Waals surface area (Å²) in [6.07, 6.45) is 0. The summed E-state index contributed by atoms with van der Waals surface area (Å²) < 4.78 is 0. The first-order chi connectivity index (χ1) is 0. The summed E-state index contributed by atoms with van der Waals surface area (Å²) in [5, 5.41) is 0. The van der Waals surface area contributed by atoms with Crippen molar-refractivity contribution in [1.29, 1.82) is 0 Å². The van der Waals surface area contributed by atoms with Gasteiger partial charge in [-0.15, -0.1) is 0 Å². The minimum atomic E-state index is 0. The summed E-state index contributed by atoms with van der Waals surface area (Å²) in [5.41, 5.74) is 0. The first-order valence-corrected chi connectivity index (χ1v) is 0. The Morgan fingerprint density at radius 1 is 0.667 bits per heavy atom. The van der Waals surface area contributed by atoms with Crippen molar-refractivity contribution in [1.82, 2.24) is 0 Å². The molecule has 0 saturated carbocycles. The first kappa shape index (κ1) is 109. The van der Waals surface area contributed by atoms with Gasteiger partial charge in [-0.3, -0.25) is 0 Å². The zero-order chi connectivity index (χ0) is 0. The molecule has 9 heteroatoms. The molecule has 0 rings (SSSR count). The van der Waals surface area contributed by atoms with Gasteiger partial charge in [0.25, 0.3) is 0 Å². The van der Waals surface area contributed by atoms with Crippen molar-refractivity contribution in [2.24, 2.45) is 0 Å². The van der Waals surface area contributed by atoms with Crippen LogP contribution in [0.2, 0.25) is 0 Å². The van der Waals surface area contributed by atoms with Gasteiger partial charge in [0.05, 0.1) is 0 Å². The van der Waals surface area contributed by atoms with Crippen LogP contribution >= 0.6 is 0 Å². The van der Waals surface area contributed by atoms with Crippen molar-refractivity contribution in [3.05, 3.63) is 0 Å². The molecule has 0 aliphatic carbocycles. The quantitative estimate of drug-likeness (QED) is 0.236. The van der Waals surface area contributed by atoms with E-state index in [9.17, 15) is 0 Å². The Labute approximate surface area is 152 Å². The van der Waals surface area contributed by atoms with E-state index in [1.54, 1.807) is 0 Å². The Morgan fingerprint density at radius 3 is 0.667 bits per heavy atom. The molecule has 0 saturated heterocycles. The van der Waals surface area contributed by atoms with Gasteiger partial charge in [0.15, 0.2) is 0 Å². The van der Waals surface area contributed by atoms with Crippen LogP contribution in [0.25, 0.3) is 0 Å². The molecule has 0 aromatic heterocycles. The van der Waals surface area contributed by atoms with Crippen molar-refractivity contribution in [2.45, 2.75) is 0 Å². The van der Waals surface area contributed by atoms with Gasteiger partial charge in [-0.05, 0) is 0 Å². The van der Waals surface area contributed by atoms with E-state index in [1.807, 2.05) is 0 Å². The minimum absolute atomic E-state index is 0. The molecule has 0 heterocycles. The second-order valence-corrected chi connectivity index (χ2v) is 0. The molecule has 0 unspecified atom stereocenters. The predicted octanol–water partition coefficient (Wildman–Crippen LogP) is -4.22. The summed E-state index contributed by atoms with van der Waals surface area (Å²) >= 11 is 0. The molecule has 0 atom stereocenters. The van der Waals surface area contributed by atoms with Crippen molar-refractivity contribution in [3.63, 3.8) is 0 Å². The molecular formula is H10LaNbO4PbTiZr. The van der Waals surface area contributed by atoms with Gasteiger partial charge in [0.1, 0.15) is 0 Å². The number of hydrogen-bond acceptors (Lipinski definition) is 0. The molecule has 0 aromatic carbocycles. The van der Waals surface area contributed by atoms with Crippen LogP contribution in [0.4, 0.5) is 0 Å². The van der Waals surface area contributed by atoms with E-state index in [2.05, 4.69) is 0 Å². The Bertz CT molecular complexity index is 20.5. The van der Waals surface area contributed by atoms with Crippen LogP contribution in [0.5, 0.6) is 0 Å². The topological polar surface area (TPSA) is 126 Å².